The molecule has 0 unspecified atom stereocenters. The van der Waals surface area contributed by atoms with E-state index < -0.39 is 4.92 Å². The number of benzene rings is 1. The number of hydrogen-bond donors (Lipinski definition) is 2. The zero-order valence-corrected chi connectivity index (χ0v) is 13.7. The van der Waals surface area contributed by atoms with E-state index >= 15 is 0 Å². The number of nitrogens with zero attached hydrogens (tertiary/aromatic N) is 4. The van der Waals surface area contributed by atoms with E-state index in [1.165, 1.54) is 22.4 Å². The lowest BCUT2D eigenvalue weighted by Gasteiger charge is -2.14. The Balaban J connectivity index is 1.76. The molecule has 0 spiro atoms. The molecule has 9 heteroatoms. The average molecular weight is 342 g/mol. The first-order valence-corrected chi connectivity index (χ1v) is 7.90. The SMILES string of the molecule is Cc1c(C(=O)NCC2=CCNCC2)nnn1-c1cccc([N+](=O)[O-])c1. The number of carbonyl (C=O) groups is 1. The Morgan fingerprint density at radius 2 is 2.32 bits per heavy atom. The van der Waals surface area contributed by atoms with Crippen molar-refractivity contribution in [2.45, 2.75) is 13.3 Å². The van der Waals surface area contributed by atoms with E-state index in [4.69, 9.17) is 0 Å². The Morgan fingerprint density at radius 3 is 3.04 bits per heavy atom. The fourth-order valence-electron chi connectivity index (χ4n) is 2.63. The van der Waals surface area contributed by atoms with E-state index in [1.807, 2.05) is 0 Å². The molecule has 3 rings (SSSR count). The predicted octanol–water partition coefficient (Wildman–Crippen LogP) is 1.13. The molecule has 2 heterocycles. The van der Waals surface area contributed by atoms with Crippen LogP contribution in [0.5, 0.6) is 0 Å². The van der Waals surface area contributed by atoms with Crippen LogP contribution in [0.4, 0.5) is 5.69 Å². The molecule has 1 aromatic heterocycles. The summed E-state index contributed by atoms with van der Waals surface area (Å²) in [7, 11) is 0. The lowest BCUT2D eigenvalue weighted by atomic mass is 10.1. The monoisotopic (exact) mass is 342 g/mol. The van der Waals surface area contributed by atoms with Gasteiger partial charge in [-0.15, -0.1) is 5.10 Å². The Bertz CT molecular complexity index is 842. The molecule has 0 radical (unpaired) electrons. The zero-order valence-electron chi connectivity index (χ0n) is 13.7. The van der Waals surface area contributed by atoms with Gasteiger partial charge in [-0.3, -0.25) is 14.9 Å². The molecular weight excluding hydrogens is 324 g/mol. The minimum absolute atomic E-state index is 0.0451. The number of aromatic nitrogens is 3. The van der Waals surface area contributed by atoms with Crippen molar-refractivity contribution in [3.8, 4) is 5.69 Å². The molecule has 1 amide bonds. The maximum absolute atomic E-state index is 12.3. The van der Waals surface area contributed by atoms with E-state index in [0.29, 0.717) is 17.9 Å². The molecule has 1 aliphatic heterocycles. The molecule has 9 nitrogen and oxygen atoms in total. The normalized spacial score (nSPS) is 14.0. The van der Waals surface area contributed by atoms with Crippen LogP contribution in [0.25, 0.3) is 5.69 Å². The van der Waals surface area contributed by atoms with Gasteiger partial charge in [-0.25, -0.2) is 4.68 Å². The molecule has 0 saturated carbocycles. The van der Waals surface area contributed by atoms with Gasteiger partial charge in [0.15, 0.2) is 5.69 Å². The summed E-state index contributed by atoms with van der Waals surface area (Å²) < 4.78 is 1.42. The summed E-state index contributed by atoms with van der Waals surface area (Å²) in [4.78, 5) is 22.8. The molecule has 2 N–H and O–H groups in total. The Hall–Kier alpha value is -3.07. The topological polar surface area (TPSA) is 115 Å². The molecule has 25 heavy (non-hydrogen) atoms. The Morgan fingerprint density at radius 1 is 1.48 bits per heavy atom. The third-order valence-electron chi connectivity index (χ3n) is 4.03. The Kier molecular flexibility index (Phi) is 4.85. The van der Waals surface area contributed by atoms with Gasteiger partial charge in [-0.1, -0.05) is 22.9 Å². The third-order valence-corrected chi connectivity index (χ3v) is 4.03. The fourth-order valence-corrected chi connectivity index (χ4v) is 2.63. The van der Waals surface area contributed by atoms with Gasteiger partial charge >= 0.3 is 0 Å². The van der Waals surface area contributed by atoms with Gasteiger partial charge in [0.05, 0.1) is 16.3 Å². The van der Waals surface area contributed by atoms with Crippen LogP contribution < -0.4 is 10.6 Å². The first kappa shape index (κ1) is 16.8. The maximum Gasteiger partial charge on any atom is 0.274 e. The highest BCUT2D eigenvalue weighted by Crippen LogP contribution is 2.18. The van der Waals surface area contributed by atoms with E-state index in [0.717, 1.165) is 19.5 Å². The van der Waals surface area contributed by atoms with Crippen LogP contribution >= 0.6 is 0 Å². The van der Waals surface area contributed by atoms with Gasteiger partial charge in [-0.2, -0.15) is 0 Å². The van der Waals surface area contributed by atoms with Gasteiger partial charge in [-0.05, 0) is 26.0 Å². The Labute approximate surface area is 143 Å². The average Bonchev–Trinajstić information content (AvgIpc) is 3.02. The van der Waals surface area contributed by atoms with Crippen molar-refractivity contribution in [2.75, 3.05) is 19.6 Å². The van der Waals surface area contributed by atoms with E-state index in [2.05, 4.69) is 27.0 Å². The van der Waals surface area contributed by atoms with Crippen LogP contribution in [0.2, 0.25) is 0 Å². The number of nitro benzene ring substituents is 1. The van der Waals surface area contributed by atoms with Crippen LogP contribution in [-0.2, 0) is 0 Å². The van der Waals surface area contributed by atoms with Gasteiger partial charge in [0.2, 0.25) is 0 Å². The minimum atomic E-state index is -0.476. The lowest BCUT2D eigenvalue weighted by molar-refractivity contribution is -0.384. The molecule has 2 aromatic rings. The number of non-ortho nitro benzene ring substituents is 1. The van der Waals surface area contributed by atoms with Crippen LogP contribution in [0.3, 0.4) is 0 Å². The summed E-state index contributed by atoms with van der Waals surface area (Å²) in [5.41, 5.74) is 2.35. The second-order valence-electron chi connectivity index (χ2n) is 5.71. The van der Waals surface area contributed by atoms with Crippen molar-refractivity contribution in [1.29, 1.82) is 0 Å². The van der Waals surface area contributed by atoms with Gasteiger partial charge in [0.25, 0.3) is 11.6 Å². The summed E-state index contributed by atoms with van der Waals surface area (Å²) >= 11 is 0. The highest BCUT2D eigenvalue weighted by Gasteiger charge is 2.18. The standard InChI is InChI=1S/C16H18N6O3/c1-11-15(16(23)18-10-12-5-7-17-8-6-12)19-20-21(11)13-3-2-4-14(9-13)22(24)25/h2-5,9,17H,6-8,10H2,1H3,(H,18,23). The van der Waals surface area contributed by atoms with Gasteiger partial charge in [0.1, 0.15) is 0 Å². The summed E-state index contributed by atoms with van der Waals surface area (Å²) in [6.07, 6.45) is 2.97. The maximum atomic E-state index is 12.3. The molecule has 130 valence electrons. The summed E-state index contributed by atoms with van der Waals surface area (Å²) in [5, 5.41) is 24.9. The quantitative estimate of drug-likeness (QED) is 0.478. The van der Waals surface area contributed by atoms with Crippen molar-refractivity contribution < 1.29 is 9.72 Å². The van der Waals surface area contributed by atoms with E-state index in [9.17, 15) is 14.9 Å². The van der Waals surface area contributed by atoms with Crippen LogP contribution in [0.15, 0.2) is 35.9 Å². The number of amides is 1. The summed E-state index contributed by atoms with van der Waals surface area (Å²) in [6, 6.07) is 6.04. The van der Waals surface area contributed by atoms with Crippen LogP contribution in [0.1, 0.15) is 22.6 Å². The molecule has 1 aliphatic rings. The van der Waals surface area contributed by atoms with Gasteiger partial charge < -0.3 is 10.6 Å². The second kappa shape index (κ2) is 7.22. The van der Waals surface area contributed by atoms with Crippen molar-refractivity contribution in [3.63, 3.8) is 0 Å². The second-order valence-corrected chi connectivity index (χ2v) is 5.71. The summed E-state index contributed by atoms with van der Waals surface area (Å²) in [5.74, 6) is -0.311. The summed E-state index contributed by atoms with van der Waals surface area (Å²) in [6.45, 7) is 3.90. The minimum Gasteiger partial charge on any atom is -0.347 e. The largest absolute Gasteiger partial charge is 0.347 e. The number of nitrogens with one attached hydrogen (secondary N) is 2. The highest BCUT2D eigenvalue weighted by molar-refractivity contribution is 5.93. The fraction of sp³-hybridized carbons (Fsp3) is 0.312. The van der Waals surface area contributed by atoms with Gasteiger partial charge in [0, 0.05) is 25.2 Å². The molecule has 0 fully saturated rings. The predicted molar refractivity (Wildman–Crippen MR) is 90.7 cm³/mol. The molecule has 1 aromatic carbocycles. The van der Waals surface area contributed by atoms with E-state index in [1.54, 1.807) is 19.1 Å². The number of carbonyl (C=O) groups excluding carboxylic acids is 1. The van der Waals surface area contributed by atoms with E-state index in [-0.39, 0.29) is 17.3 Å². The molecular formula is C16H18N6O3. The van der Waals surface area contributed by atoms with Crippen LogP contribution in [-0.4, -0.2) is 45.5 Å². The lowest BCUT2D eigenvalue weighted by Crippen LogP contribution is -2.30. The number of rotatable bonds is 5. The van der Waals surface area contributed by atoms with Crippen molar-refractivity contribution in [2.24, 2.45) is 0 Å². The first-order chi connectivity index (χ1) is 12.1. The molecule has 0 aliphatic carbocycles. The smallest absolute Gasteiger partial charge is 0.274 e. The zero-order chi connectivity index (χ0) is 17.8. The van der Waals surface area contributed by atoms with Crippen molar-refractivity contribution >= 4 is 11.6 Å². The molecule has 0 atom stereocenters. The first-order valence-electron chi connectivity index (χ1n) is 7.90. The van der Waals surface area contributed by atoms with Crippen LogP contribution in [0, 0.1) is 17.0 Å². The number of nitro groups is 1. The molecule has 0 saturated heterocycles. The third kappa shape index (κ3) is 3.72. The van der Waals surface area contributed by atoms with Crippen molar-refractivity contribution in [3.05, 3.63) is 57.4 Å². The molecule has 0 bridgehead atoms. The highest BCUT2D eigenvalue weighted by atomic mass is 16.6. The van der Waals surface area contributed by atoms with Crippen molar-refractivity contribution in [1.82, 2.24) is 25.6 Å². The number of hydrogen-bond acceptors (Lipinski definition) is 6.